The molecule has 7 nitrogen and oxygen atoms in total. The number of rotatable bonds is 6. The van der Waals surface area contributed by atoms with Crippen LogP contribution in [-0.2, 0) is 14.8 Å². The molecule has 0 radical (unpaired) electrons. The molecule has 1 heterocycles. The Bertz CT molecular complexity index is 810. The van der Waals surface area contributed by atoms with Gasteiger partial charge in [-0.05, 0) is 18.6 Å². The Kier molecular flexibility index (Phi) is 5.89. The second-order valence-corrected chi connectivity index (χ2v) is 7.54. The van der Waals surface area contributed by atoms with Gasteiger partial charge in [-0.25, -0.2) is 17.2 Å². The fourth-order valence-corrected chi connectivity index (χ4v) is 3.54. The highest BCUT2D eigenvalue weighted by molar-refractivity contribution is 8.15. The Hall–Kier alpha value is -2.01. The van der Waals surface area contributed by atoms with Crippen molar-refractivity contribution in [2.45, 2.75) is 13.3 Å². The average molecular weight is 376 g/mol. The van der Waals surface area contributed by atoms with Crippen LogP contribution in [0.4, 0.5) is 14.5 Å². The van der Waals surface area contributed by atoms with Crippen LogP contribution >= 0.6 is 11.8 Å². The molecular formula is C13H14F2N4O3S2. The minimum atomic E-state index is -3.71. The lowest BCUT2D eigenvalue weighted by molar-refractivity contribution is -0.116. The predicted octanol–water partition coefficient (Wildman–Crippen LogP) is 1.67. The van der Waals surface area contributed by atoms with E-state index in [1.165, 1.54) is 0 Å². The van der Waals surface area contributed by atoms with E-state index in [9.17, 15) is 22.0 Å². The van der Waals surface area contributed by atoms with Crippen molar-refractivity contribution in [3.8, 4) is 0 Å². The van der Waals surface area contributed by atoms with Gasteiger partial charge in [-0.2, -0.15) is 5.10 Å². The van der Waals surface area contributed by atoms with Crippen molar-refractivity contribution in [2.75, 3.05) is 16.2 Å². The number of thioether (sulfide) groups is 1. The molecule has 1 saturated heterocycles. The van der Waals surface area contributed by atoms with Gasteiger partial charge in [0.15, 0.2) is 11.0 Å². The first-order valence-electron chi connectivity index (χ1n) is 6.84. The number of nitrogens with zero attached hydrogens (tertiary/aromatic N) is 2. The van der Waals surface area contributed by atoms with Gasteiger partial charge >= 0.3 is 0 Å². The van der Waals surface area contributed by atoms with Gasteiger partial charge in [0.05, 0.1) is 29.0 Å². The molecule has 1 fully saturated rings. The molecule has 0 aromatic heterocycles. The van der Waals surface area contributed by atoms with Gasteiger partial charge in [0.25, 0.3) is 0 Å². The van der Waals surface area contributed by atoms with Gasteiger partial charge in [0, 0.05) is 0 Å². The Morgan fingerprint density at radius 1 is 1.42 bits per heavy atom. The van der Waals surface area contributed by atoms with Crippen LogP contribution in [0.2, 0.25) is 0 Å². The number of carbonyl (C=O) groups excluding carboxylic acids is 1. The monoisotopic (exact) mass is 376 g/mol. The lowest BCUT2D eigenvalue weighted by Crippen LogP contribution is -2.19. The number of hydrogen-bond acceptors (Lipinski definition) is 6. The van der Waals surface area contributed by atoms with Gasteiger partial charge in [-0.3, -0.25) is 9.52 Å². The molecule has 0 saturated carbocycles. The van der Waals surface area contributed by atoms with E-state index in [1.807, 2.05) is 0 Å². The molecule has 0 spiro atoms. The first kappa shape index (κ1) is 18.3. The van der Waals surface area contributed by atoms with Crippen molar-refractivity contribution in [2.24, 2.45) is 10.2 Å². The summed E-state index contributed by atoms with van der Waals surface area (Å²) in [6.45, 7) is 1.66. The van der Waals surface area contributed by atoms with Crippen molar-refractivity contribution < 1.29 is 22.0 Å². The van der Waals surface area contributed by atoms with E-state index in [0.29, 0.717) is 6.42 Å². The molecule has 0 atom stereocenters. The summed E-state index contributed by atoms with van der Waals surface area (Å²) in [5.41, 5.74) is -0.909. The van der Waals surface area contributed by atoms with Crippen molar-refractivity contribution in [3.05, 3.63) is 29.3 Å². The summed E-state index contributed by atoms with van der Waals surface area (Å²) in [7, 11) is -3.71. The molecular weight excluding hydrogens is 362 g/mol. The van der Waals surface area contributed by atoms with Crippen LogP contribution in [0.25, 0.3) is 0 Å². The topological polar surface area (TPSA) is 100.0 Å². The summed E-state index contributed by atoms with van der Waals surface area (Å²) in [5.74, 6) is -2.23. The molecule has 0 aliphatic carbocycles. The van der Waals surface area contributed by atoms with Crippen LogP contribution in [0.5, 0.6) is 0 Å². The number of benzene rings is 1. The molecule has 2 N–H and O–H groups in total. The van der Waals surface area contributed by atoms with Crippen molar-refractivity contribution in [1.82, 2.24) is 5.32 Å². The molecule has 0 bridgehead atoms. The van der Waals surface area contributed by atoms with E-state index in [4.69, 9.17) is 0 Å². The summed E-state index contributed by atoms with van der Waals surface area (Å²) < 4.78 is 53.5. The van der Waals surface area contributed by atoms with Crippen molar-refractivity contribution in [1.29, 1.82) is 0 Å². The summed E-state index contributed by atoms with van der Waals surface area (Å²) in [4.78, 5) is 11.0. The maximum Gasteiger partial charge on any atom is 0.236 e. The summed E-state index contributed by atoms with van der Waals surface area (Å²) in [5, 5.41) is 9.78. The largest absolute Gasteiger partial charge is 0.303 e. The maximum atomic E-state index is 14.3. The van der Waals surface area contributed by atoms with Crippen molar-refractivity contribution >= 4 is 44.8 Å². The Labute approximate surface area is 141 Å². The number of sulfonamides is 1. The molecule has 0 unspecified atom stereocenters. The normalized spacial score (nSPS) is 16.8. The molecule has 2 rings (SSSR count). The first-order valence-corrected chi connectivity index (χ1v) is 9.48. The molecule has 1 aliphatic rings. The predicted molar refractivity (Wildman–Crippen MR) is 89.7 cm³/mol. The highest BCUT2D eigenvalue weighted by atomic mass is 32.2. The average Bonchev–Trinajstić information content (AvgIpc) is 2.91. The van der Waals surface area contributed by atoms with Crippen LogP contribution < -0.4 is 10.0 Å². The number of amidine groups is 1. The smallest absolute Gasteiger partial charge is 0.236 e. The fourth-order valence-electron chi connectivity index (χ4n) is 1.77. The van der Waals surface area contributed by atoms with Gasteiger partial charge in [-0.15, -0.1) is 5.10 Å². The molecule has 1 aromatic rings. The van der Waals surface area contributed by atoms with Gasteiger partial charge in [-0.1, -0.05) is 18.7 Å². The third-order valence-corrected chi connectivity index (χ3v) is 5.13. The summed E-state index contributed by atoms with van der Waals surface area (Å²) >= 11 is 1.11. The Balaban J connectivity index is 2.24. The number of anilines is 1. The fraction of sp³-hybridized carbons (Fsp3) is 0.308. The minimum absolute atomic E-state index is 0.183. The highest BCUT2D eigenvalue weighted by Gasteiger charge is 2.18. The molecule has 1 aromatic carbocycles. The number of carbonyl (C=O) groups is 1. The quantitative estimate of drug-likeness (QED) is 0.583. The second kappa shape index (κ2) is 7.71. The number of hydrogen-bond donors (Lipinski definition) is 2. The van der Waals surface area contributed by atoms with E-state index >= 15 is 0 Å². The first-order chi connectivity index (χ1) is 11.3. The number of halogens is 2. The zero-order valence-electron chi connectivity index (χ0n) is 12.5. The van der Waals surface area contributed by atoms with E-state index in [-0.39, 0.29) is 28.3 Å². The summed E-state index contributed by atoms with van der Waals surface area (Å²) in [6, 6.07) is 1.92. The number of nitrogens with one attached hydrogen (secondary N) is 2. The molecule has 11 heteroatoms. The van der Waals surface area contributed by atoms with E-state index in [1.54, 1.807) is 6.92 Å². The van der Waals surface area contributed by atoms with Crippen LogP contribution in [-0.4, -0.2) is 37.2 Å². The van der Waals surface area contributed by atoms with Gasteiger partial charge < -0.3 is 5.32 Å². The third-order valence-electron chi connectivity index (χ3n) is 2.79. The Morgan fingerprint density at radius 2 is 2.17 bits per heavy atom. The Morgan fingerprint density at radius 3 is 2.79 bits per heavy atom. The SMILES string of the molecule is CCCS(=O)(=O)Nc1ccc(F)c(C=NN=C2NC(=O)CS2)c1F. The van der Waals surface area contributed by atoms with E-state index in [0.717, 1.165) is 30.1 Å². The lowest BCUT2D eigenvalue weighted by atomic mass is 10.2. The zero-order valence-corrected chi connectivity index (χ0v) is 14.2. The highest BCUT2D eigenvalue weighted by Crippen LogP contribution is 2.21. The zero-order chi connectivity index (χ0) is 17.7. The van der Waals surface area contributed by atoms with Crippen molar-refractivity contribution in [3.63, 3.8) is 0 Å². The van der Waals surface area contributed by atoms with Crippen LogP contribution in [0.1, 0.15) is 18.9 Å². The maximum absolute atomic E-state index is 14.3. The summed E-state index contributed by atoms with van der Waals surface area (Å²) in [6.07, 6.45) is 1.17. The second-order valence-electron chi connectivity index (χ2n) is 4.73. The van der Waals surface area contributed by atoms with Crippen LogP contribution in [0.3, 0.4) is 0 Å². The third kappa shape index (κ3) is 4.74. The van der Waals surface area contributed by atoms with Gasteiger partial charge in [0.1, 0.15) is 5.82 Å². The van der Waals surface area contributed by atoms with Crippen LogP contribution in [0, 0.1) is 11.6 Å². The lowest BCUT2D eigenvalue weighted by Gasteiger charge is -2.09. The van der Waals surface area contributed by atoms with Crippen LogP contribution in [0.15, 0.2) is 22.3 Å². The molecule has 1 aliphatic heterocycles. The number of amides is 1. The molecule has 130 valence electrons. The van der Waals surface area contributed by atoms with E-state index in [2.05, 4.69) is 20.2 Å². The molecule has 1 amide bonds. The molecule has 24 heavy (non-hydrogen) atoms. The van der Waals surface area contributed by atoms with E-state index < -0.39 is 27.2 Å². The minimum Gasteiger partial charge on any atom is -0.303 e. The standard InChI is InChI=1S/C13H14F2N4O3S2/c1-2-5-24(21,22)19-10-4-3-9(14)8(12(10)15)6-16-18-13-17-11(20)7-23-13/h3-4,6,19H,2,5,7H2,1H3,(H,17,18,20). The van der Waals surface area contributed by atoms with Gasteiger partial charge in [0.2, 0.25) is 15.9 Å².